The van der Waals surface area contributed by atoms with Gasteiger partial charge in [-0.3, -0.25) is 9.59 Å². The molecule has 148 valence electrons. The molecule has 0 spiro atoms. The molecule has 0 aromatic heterocycles. The van der Waals surface area contributed by atoms with Gasteiger partial charge in [-0.05, 0) is 44.0 Å². The van der Waals surface area contributed by atoms with E-state index in [9.17, 15) is 14.4 Å². The number of carbonyl (C=O) groups is 3. The van der Waals surface area contributed by atoms with Crippen molar-refractivity contribution in [3.8, 4) is 11.5 Å². The number of hydrogen-bond acceptors (Lipinski definition) is 6. The largest absolute Gasteiger partial charge is 0.493 e. The zero-order chi connectivity index (χ0) is 20.8. The van der Waals surface area contributed by atoms with Crippen LogP contribution in [-0.2, 0) is 9.53 Å². The standard InChI is InChI=1S/C21H23NO6/c1-12-7-6-8-13(2)18(12)22-20(24)14(3)28-21(25)17-15(11-23)9-10-16(26-4)19(17)27-5/h6-11,14H,1-5H3,(H,22,24)/t14-/m1/s1. The number of benzene rings is 2. The summed E-state index contributed by atoms with van der Waals surface area (Å²) in [7, 11) is 2.76. The van der Waals surface area contributed by atoms with Crippen LogP contribution >= 0.6 is 0 Å². The maximum Gasteiger partial charge on any atom is 0.343 e. The summed E-state index contributed by atoms with van der Waals surface area (Å²) >= 11 is 0. The minimum absolute atomic E-state index is 0.0689. The summed E-state index contributed by atoms with van der Waals surface area (Å²) in [5, 5.41) is 2.77. The van der Waals surface area contributed by atoms with Gasteiger partial charge in [-0.15, -0.1) is 0 Å². The molecule has 0 bridgehead atoms. The van der Waals surface area contributed by atoms with Gasteiger partial charge >= 0.3 is 5.97 Å². The van der Waals surface area contributed by atoms with Crippen molar-refractivity contribution in [3.63, 3.8) is 0 Å². The fourth-order valence-corrected chi connectivity index (χ4v) is 2.76. The zero-order valence-electron chi connectivity index (χ0n) is 16.5. The predicted molar refractivity (Wildman–Crippen MR) is 104 cm³/mol. The second-order valence-corrected chi connectivity index (χ2v) is 6.19. The number of aldehydes is 1. The Kier molecular flexibility index (Phi) is 6.76. The smallest absolute Gasteiger partial charge is 0.343 e. The summed E-state index contributed by atoms with van der Waals surface area (Å²) in [6.07, 6.45) is -0.582. The van der Waals surface area contributed by atoms with Gasteiger partial charge in [0.25, 0.3) is 5.91 Å². The second-order valence-electron chi connectivity index (χ2n) is 6.19. The maximum absolute atomic E-state index is 12.7. The van der Waals surface area contributed by atoms with Crippen LogP contribution in [0.5, 0.6) is 11.5 Å². The van der Waals surface area contributed by atoms with E-state index in [-0.39, 0.29) is 22.6 Å². The third-order valence-corrected chi connectivity index (χ3v) is 4.29. The lowest BCUT2D eigenvalue weighted by Crippen LogP contribution is -2.31. The van der Waals surface area contributed by atoms with Crippen molar-refractivity contribution in [2.24, 2.45) is 0 Å². The van der Waals surface area contributed by atoms with Gasteiger partial charge in [0.15, 0.2) is 23.9 Å². The number of carbonyl (C=O) groups excluding carboxylic acids is 3. The summed E-state index contributed by atoms with van der Waals surface area (Å²) < 4.78 is 15.7. The van der Waals surface area contributed by atoms with Gasteiger partial charge < -0.3 is 19.5 Å². The lowest BCUT2D eigenvalue weighted by molar-refractivity contribution is -0.123. The fourth-order valence-electron chi connectivity index (χ4n) is 2.76. The average molecular weight is 385 g/mol. The van der Waals surface area contributed by atoms with E-state index in [1.807, 2.05) is 32.0 Å². The van der Waals surface area contributed by atoms with Gasteiger partial charge in [-0.1, -0.05) is 18.2 Å². The normalized spacial score (nSPS) is 11.3. The molecule has 1 amide bonds. The van der Waals surface area contributed by atoms with Crippen LogP contribution in [0.1, 0.15) is 38.8 Å². The average Bonchev–Trinajstić information content (AvgIpc) is 2.69. The molecule has 0 heterocycles. The monoisotopic (exact) mass is 385 g/mol. The minimum atomic E-state index is -1.10. The van der Waals surface area contributed by atoms with Gasteiger partial charge in [0.05, 0.1) is 14.2 Å². The first-order valence-electron chi connectivity index (χ1n) is 8.62. The van der Waals surface area contributed by atoms with E-state index in [0.717, 1.165) is 11.1 Å². The second kappa shape index (κ2) is 9.03. The molecule has 0 saturated carbocycles. The van der Waals surface area contributed by atoms with Crippen LogP contribution in [0, 0.1) is 13.8 Å². The van der Waals surface area contributed by atoms with E-state index in [4.69, 9.17) is 14.2 Å². The molecule has 7 nitrogen and oxygen atoms in total. The van der Waals surface area contributed by atoms with Crippen molar-refractivity contribution in [2.75, 3.05) is 19.5 Å². The number of ether oxygens (including phenoxy) is 3. The number of aryl methyl sites for hydroxylation is 2. The maximum atomic E-state index is 12.7. The number of amides is 1. The molecule has 0 aliphatic heterocycles. The molecule has 2 rings (SSSR count). The van der Waals surface area contributed by atoms with Crippen LogP contribution in [0.25, 0.3) is 0 Å². The molecule has 28 heavy (non-hydrogen) atoms. The van der Waals surface area contributed by atoms with Crippen molar-refractivity contribution < 1.29 is 28.6 Å². The van der Waals surface area contributed by atoms with E-state index in [1.165, 1.54) is 33.3 Å². The van der Waals surface area contributed by atoms with E-state index < -0.39 is 18.0 Å². The Bertz CT molecular complexity index is 886. The van der Waals surface area contributed by atoms with Crippen LogP contribution in [0.15, 0.2) is 30.3 Å². The number of esters is 1. The lowest BCUT2D eigenvalue weighted by Gasteiger charge is -2.18. The number of rotatable bonds is 7. The van der Waals surface area contributed by atoms with Crippen LogP contribution < -0.4 is 14.8 Å². The molecule has 1 N–H and O–H groups in total. The van der Waals surface area contributed by atoms with Gasteiger partial charge in [0, 0.05) is 11.3 Å². The van der Waals surface area contributed by atoms with Crippen molar-refractivity contribution in [3.05, 3.63) is 52.6 Å². The Balaban J connectivity index is 2.25. The highest BCUT2D eigenvalue weighted by Crippen LogP contribution is 2.33. The Labute approximate surface area is 163 Å². The van der Waals surface area contributed by atoms with E-state index >= 15 is 0 Å². The van der Waals surface area contributed by atoms with Crippen LogP contribution in [0.2, 0.25) is 0 Å². The van der Waals surface area contributed by atoms with Crippen molar-refractivity contribution in [2.45, 2.75) is 26.9 Å². The van der Waals surface area contributed by atoms with Gasteiger partial charge in [0.2, 0.25) is 0 Å². The number of nitrogens with one attached hydrogen (secondary N) is 1. The lowest BCUT2D eigenvalue weighted by atomic mass is 10.1. The first kappa shape index (κ1) is 21.0. The molecule has 2 aromatic carbocycles. The molecule has 2 aromatic rings. The molecule has 7 heteroatoms. The molecular weight excluding hydrogens is 362 g/mol. The van der Waals surface area contributed by atoms with Crippen molar-refractivity contribution in [1.29, 1.82) is 0 Å². The zero-order valence-corrected chi connectivity index (χ0v) is 16.5. The quantitative estimate of drug-likeness (QED) is 0.581. The highest BCUT2D eigenvalue weighted by atomic mass is 16.6. The number of methoxy groups -OCH3 is 2. The summed E-state index contributed by atoms with van der Waals surface area (Å²) in [6.45, 7) is 5.20. The number of anilines is 1. The predicted octanol–water partition coefficient (Wildman–Crippen LogP) is 3.32. The van der Waals surface area contributed by atoms with Gasteiger partial charge in [0.1, 0.15) is 5.56 Å². The van der Waals surface area contributed by atoms with Gasteiger partial charge in [-0.25, -0.2) is 4.79 Å². The number of hydrogen-bond donors (Lipinski definition) is 1. The first-order valence-corrected chi connectivity index (χ1v) is 8.62. The minimum Gasteiger partial charge on any atom is -0.493 e. The molecule has 0 saturated heterocycles. The summed E-state index contributed by atoms with van der Waals surface area (Å²) in [4.78, 5) is 36.5. The molecular formula is C21H23NO6. The fraction of sp³-hybridized carbons (Fsp3) is 0.286. The molecule has 0 unspecified atom stereocenters. The third kappa shape index (κ3) is 4.31. The van der Waals surface area contributed by atoms with E-state index in [1.54, 1.807) is 0 Å². The van der Waals surface area contributed by atoms with Gasteiger partial charge in [-0.2, -0.15) is 0 Å². The highest BCUT2D eigenvalue weighted by Gasteiger charge is 2.26. The highest BCUT2D eigenvalue weighted by molar-refractivity contribution is 6.03. The first-order chi connectivity index (χ1) is 13.3. The Morgan fingerprint density at radius 1 is 1.04 bits per heavy atom. The molecule has 0 radical (unpaired) electrons. The molecule has 1 atom stereocenters. The van der Waals surface area contributed by atoms with E-state index in [2.05, 4.69) is 5.32 Å². The van der Waals surface area contributed by atoms with Crippen molar-refractivity contribution >= 4 is 23.9 Å². The molecule has 0 fully saturated rings. The molecule has 0 aliphatic rings. The summed E-state index contributed by atoms with van der Waals surface area (Å²) in [6, 6.07) is 8.57. The third-order valence-electron chi connectivity index (χ3n) is 4.29. The Hall–Kier alpha value is -3.35. The van der Waals surface area contributed by atoms with Crippen LogP contribution in [-0.4, -0.2) is 38.5 Å². The molecule has 0 aliphatic carbocycles. The Morgan fingerprint density at radius 3 is 2.21 bits per heavy atom. The summed E-state index contributed by atoms with van der Waals surface area (Å²) in [5.41, 5.74) is 2.44. The Morgan fingerprint density at radius 2 is 1.68 bits per heavy atom. The van der Waals surface area contributed by atoms with Crippen LogP contribution in [0.4, 0.5) is 5.69 Å². The van der Waals surface area contributed by atoms with Crippen LogP contribution in [0.3, 0.4) is 0 Å². The topological polar surface area (TPSA) is 90.9 Å². The van der Waals surface area contributed by atoms with Crippen molar-refractivity contribution in [1.82, 2.24) is 0 Å². The summed E-state index contributed by atoms with van der Waals surface area (Å²) in [5.74, 6) is -1.01. The number of para-hydroxylation sites is 1. The SMILES string of the molecule is COc1ccc(C=O)c(C(=O)O[C@H](C)C(=O)Nc2c(C)cccc2C)c1OC. The van der Waals surface area contributed by atoms with E-state index in [0.29, 0.717) is 12.0 Å².